The number of carbonyl (C=O) groups excluding carboxylic acids is 2. The molecular weight excluding hydrogens is 314 g/mol. The Morgan fingerprint density at radius 1 is 1.12 bits per heavy atom. The van der Waals surface area contributed by atoms with Gasteiger partial charge in [0.25, 0.3) is 5.91 Å². The first-order valence-electron chi connectivity index (χ1n) is 8.04. The molecule has 0 aliphatic carbocycles. The van der Waals surface area contributed by atoms with E-state index in [1.54, 1.807) is 4.90 Å². The minimum atomic E-state index is -0.761. The maximum absolute atomic E-state index is 13.1. The molecule has 2 aromatic rings. The number of carbonyl (C=O) groups is 2. The molecule has 1 fully saturated rings. The molecule has 1 aliphatic rings. The Labute approximate surface area is 147 Å². The summed E-state index contributed by atoms with van der Waals surface area (Å²) < 4.78 is 5.26. The molecule has 126 valence electrons. The van der Waals surface area contributed by atoms with Crippen LogP contribution in [0, 0.1) is 0 Å². The molecule has 1 heterocycles. The van der Waals surface area contributed by atoms with Gasteiger partial charge in [0.1, 0.15) is 6.04 Å². The van der Waals surface area contributed by atoms with Crippen molar-refractivity contribution in [2.75, 3.05) is 7.11 Å². The molecule has 0 spiro atoms. The van der Waals surface area contributed by atoms with Crippen molar-refractivity contribution < 1.29 is 14.3 Å². The summed E-state index contributed by atoms with van der Waals surface area (Å²) in [5, 5.41) is 0. The Morgan fingerprint density at radius 3 is 2.28 bits per heavy atom. The van der Waals surface area contributed by atoms with E-state index in [0.717, 1.165) is 11.1 Å². The fourth-order valence-corrected chi connectivity index (χ4v) is 3.07. The fourth-order valence-electron chi connectivity index (χ4n) is 3.07. The molecule has 1 aliphatic heterocycles. The summed E-state index contributed by atoms with van der Waals surface area (Å²) in [5.74, 6) is -0.384. The summed E-state index contributed by atoms with van der Waals surface area (Å²) in [4.78, 5) is 27.0. The summed E-state index contributed by atoms with van der Waals surface area (Å²) in [7, 11) is 1.45. The number of nitrogens with zero attached hydrogens (tertiary/aromatic N) is 1. The van der Waals surface area contributed by atoms with Gasteiger partial charge < -0.3 is 9.64 Å². The Kier molecular flexibility index (Phi) is 4.94. The molecule has 0 aromatic heterocycles. The van der Waals surface area contributed by atoms with Crippen LogP contribution in [-0.4, -0.2) is 35.8 Å². The van der Waals surface area contributed by atoms with Crippen LogP contribution in [0.4, 0.5) is 0 Å². The number of β-lactam (4-membered cyclic amide) rings is 1. The maximum atomic E-state index is 13.1. The summed E-state index contributed by atoms with van der Waals surface area (Å²) in [5.41, 5.74) is 4.81. The fraction of sp³-hybridized carbons (Fsp3) is 0.190. The van der Waals surface area contributed by atoms with Gasteiger partial charge in [-0.05, 0) is 11.1 Å². The molecular formula is C21H19NO3. The van der Waals surface area contributed by atoms with Gasteiger partial charge in [-0.2, -0.15) is 0 Å². The van der Waals surface area contributed by atoms with Gasteiger partial charge in [-0.25, -0.2) is 0 Å². The number of amides is 1. The SMILES string of the molecule is C=C=C(C(=O)[C@H]1[C@@H](OC)C(=O)N1Cc1ccccc1)c1ccccc1. The molecule has 0 unspecified atom stereocenters. The molecule has 4 heteroatoms. The second-order valence-electron chi connectivity index (χ2n) is 5.83. The van der Waals surface area contributed by atoms with E-state index in [1.165, 1.54) is 7.11 Å². The molecule has 3 rings (SSSR count). The van der Waals surface area contributed by atoms with Gasteiger partial charge in [0.05, 0.1) is 5.57 Å². The molecule has 0 saturated carbocycles. The third kappa shape index (κ3) is 3.18. The van der Waals surface area contributed by atoms with Crippen LogP contribution in [0.15, 0.2) is 73.0 Å². The quantitative estimate of drug-likeness (QED) is 0.464. The van der Waals surface area contributed by atoms with Gasteiger partial charge in [-0.1, -0.05) is 67.2 Å². The second-order valence-corrected chi connectivity index (χ2v) is 5.83. The minimum absolute atomic E-state index is 0.179. The van der Waals surface area contributed by atoms with Crippen LogP contribution in [0.1, 0.15) is 11.1 Å². The number of benzene rings is 2. The first-order valence-corrected chi connectivity index (χ1v) is 8.04. The van der Waals surface area contributed by atoms with Crippen molar-refractivity contribution in [3.63, 3.8) is 0 Å². The molecule has 2 aromatic carbocycles. The van der Waals surface area contributed by atoms with Crippen molar-refractivity contribution >= 4 is 17.3 Å². The predicted octanol–water partition coefficient (Wildman–Crippen LogP) is 2.85. The highest BCUT2D eigenvalue weighted by Gasteiger charge is 2.52. The third-order valence-corrected chi connectivity index (χ3v) is 4.35. The highest BCUT2D eigenvalue weighted by atomic mass is 16.5. The van der Waals surface area contributed by atoms with Crippen LogP contribution in [0.5, 0.6) is 0 Å². The number of hydrogen-bond donors (Lipinski definition) is 0. The van der Waals surface area contributed by atoms with Crippen molar-refractivity contribution in [1.29, 1.82) is 0 Å². The highest BCUT2D eigenvalue weighted by molar-refractivity contribution is 6.26. The van der Waals surface area contributed by atoms with Crippen molar-refractivity contribution in [1.82, 2.24) is 4.90 Å². The molecule has 4 nitrogen and oxygen atoms in total. The molecule has 0 bridgehead atoms. The number of ketones is 1. The lowest BCUT2D eigenvalue weighted by molar-refractivity contribution is -0.174. The Hall–Kier alpha value is -2.94. The lowest BCUT2D eigenvalue weighted by Crippen LogP contribution is -2.68. The van der Waals surface area contributed by atoms with Gasteiger partial charge in [-0.15, -0.1) is 5.73 Å². The van der Waals surface area contributed by atoms with E-state index in [4.69, 9.17) is 4.74 Å². The largest absolute Gasteiger partial charge is 0.369 e. The molecule has 1 amide bonds. The average molecular weight is 333 g/mol. The first-order chi connectivity index (χ1) is 12.2. The highest BCUT2D eigenvalue weighted by Crippen LogP contribution is 2.30. The molecule has 25 heavy (non-hydrogen) atoms. The Bertz CT molecular complexity index is 823. The van der Waals surface area contributed by atoms with Gasteiger partial charge in [0, 0.05) is 13.7 Å². The number of Topliss-reactive ketones (excluding diaryl/α,β-unsaturated/α-hetero) is 1. The van der Waals surface area contributed by atoms with E-state index in [9.17, 15) is 9.59 Å². The Balaban J connectivity index is 1.87. The zero-order valence-electron chi connectivity index (χ0n) is 14.0. The topological polar surface area (TPSA) is 46.6 Å². The predicted molar refractivity (Wildman–Crippen MR) is 95.6 cm³/mol. The van der Waals surface area contributed by atoms with Gasteiger partial charge in [0.15, 0.2) is 11.9 Å². The first kappa shape index (κ1) is 16.9. The van der Waals surface area contributed by atoms with Gasteiger partial charge in [0.2, 0.25) is 0 Å². The Morgan fingerprint density at radius 2 is 1.72 bits per heavy atom. The zero-order valence-corrected chi connectivity index (χ0v) is 14.0. The lowest BCUT2D eigenvalue weighted by atomic mass is 9.87. The number of rotatable bonds is 6. The number of hydrogen-bond acceptors (Lipinski definition) is 3. The monoisotopic (exact) mass is 333 g/mol. The van der Waals surface area contributed by atoms with Gasteiger partial charge in [-0.3, -0.25) is 9.59 Å². The average Bonchev–Trinajstić information content (AvgIpc) is 2.66. The van der Waals surface area contributed by atoms with Crippen LogP contribution in [-0.2, 0) is 20.9 Å². The van der Waals surface area contributed by atoms with E-state index in [0.29, 0.717) is 12.1 Å². The van der Waals surface area contributed by atoms with Crippen LogP contribution in [0.2, 0.25) is 0 Å². The van der Waals surface area contributed by atoms with Crippen molar-refractivity contribution in [2.45, 2.75) is 18.7 Å². The minimum Gasteiger partial charge on any atom is -0.369 e. The van der Waals surface area contributed by atoms with E-state index < -0.39 is 12.1 Å². The summed E-state index contributed by atoms with van der Waals surface area (Å²) in [6, 6.07) is 18.1. The number of likely N-dealkylation sites (tertiary alicyclic amines) is 1. The number of methoxy groups -OCH3 is 1. The smallest absolute Gasteiger partial charge is 0.255 e. The maximum Gasteiger partial charge on any atom is 0.255 e. The van der Waals surface area contributed by atoms with Crippen LogP contribution >= 0.6 is 0 Å². The lowest BCUT2D eigenvalue weighted by Gasteiger charge is -2.45. The molecule has 0 radical (unpaired) electrons. The summed E-state index contributed by atoms with van der Waals surface area (Å²) in [6.07, 6.45) is -0.761. The third-order valence-electron chi connectivity index (χ3n) is 4.35. The summed E-state index contributed by atoms with van der Waals surface area (Å²) in [6.45, 7) is 4.02. The zero-order chi connectivity index (χ0) is 17.8. The second kappa shape index (κ2) is 7.31. The number of ether oxygens (including phenoxy) is 1. The van der Waals surface area contributed by atoms with Crippen LogP contribution in [0.25, 0.3) is 5.57 Å². The molecule has 2 atom stereocenters. The molecule has 0 N–H and O–H groups in total. The van der Waals surface area contributed by atoms with Gasteiger partial charge >= 0.3 is 0 Å². The van der Waals surface area contributed by atoms with E-state index in [2.05, 4.69) is 12.3 Å². The summed E-state index contributed by atoms with van der Waals surface area (Å²) >= 11 is 0. The van der Waals surface area contributed by atoms with Crippen molar-refractivity contribution in [2.24, 2.45) is 0 Å². The van der Waals surface area contributed by atoms with Crippen LogP contribution in [0.3, 0.4) is 0 Å². The van der Waals surface area contributed by atoms with E-state index >= 15 is 0 Å². The van der Waals surface area contributed by atoms with E-state index in [-0.39, 0.29) is 11.7 Å². The molecule has 1 saturated heterocycles. The van der Waals surface area contributed by atoms with Crippen molar-refractivity contribution in [3.8, 4) is 0 Å². The van der Waals surface area contributed by atoms with E-state index in [1.807, 2.05) is 60.7 Å². The standard InChI is InChI=1S/C21H19NO3/c1-3-17(16-12-8-5-9-13-16)19(23)18-20(25-2)21(24)22(18)14-15-10-6-4-7-11-15/h4-13,18,20H,1,14H2,2H3/t18-,20+/m0/s1. The van der Waals surface area contributed by atoms with Crippen LogP contribution < -0.4 is 0 Å². The van der Waals surface area contributed by atoms with Crippen molar-refractivity contribution in [3.05, 3.63) is 84.1 Å². The normalized spacial score (nSPS) is 19.1.